The summed E-state index contributed by atoms with van der Waals surface area (Å²) in [6, 6.07) is 11.5. The Morgan fingerprint density at radius 2 is 1.71 bits per heavy atom. The molecule has 4 rings (SSSR count). The number of benzene rings is 2. The second kappa shape index (κ2) is 9.70. The van der Waals surface area contributed by atoms with Crippen LogP contribution < -0.4 is 72.9 Å². The van der Waals surface area contributed by atoms with Gasteiger partial charge in [-0.05, 0) is 56.1 Å². The van der Waals surface area contributed by atoms with Crippen molar-refractivity contribution in [1.29, 1.82) is 5.26 Å². The van der Waals surface area contributed by atoms with Crippen molar-refractivity contribution < 1.29 is 57.5 Å². The Morgan fingerprint density at radius 3 is 2.35 bits per heavy atom. The monoisotopic (exact) mass is 570 g/mol. The number of rotatable bonds is 3. The van der Waals surface area contributed by atoms with E-state index in [-0.39, 0.29) is 69.9 Å². The van der Waals surface area contributed by atoms with Crippen molar-refractivity contribution in [1.82, 2.24) is 25.0 Å². The molecule has 150 valence electrons. The molecule has 4 aromatic rings. The van der Waals surface area contributed by atoms with Crippen molar-refractivity contribution in [3.63, 3.8) is 0 Å². The molecule has 13 heteroatoms. The minimum Gasteiger partial charge on any atom is -1.00 e. The number of aromatic amines is 2. The SMILES string of the molecule is N#Cc1nn(-c2cc(Br)c(Oc3n[nH]c(=O)c4ccccc34)c(Br)c2)c(=O)[nH]c1=O.[H-].[K+]. The Labute approximate surface area is 233 Å². The number of halogens is 2. The summed E-state index contributed by atoms with van der Waals surface area (Å²) in [5.41, 5.74) is -2.21. The van der Waals surface area contributed by atoms with Crippen LogP contribution in [-0.2, 0) is 0 Å². The van der Waals surface area contributed by atoms with Crippen molar-refractivity contribution in [2.45, 2.75) is 0 Å². The van der Waals surface area contributed by atoms with Crippen LogP contribution in [0.15, 0.2) is 59.7 Å². The van der Waals surface area contributed by atoms with Gasteiger partial charge in [0.2, 0.25) is 11.6 Å². The average molecular weight is 572 g/mol. The van der Waals surface area contributed by atoms with Crippen LogP contribution >= 0.6 is 31.9 Å². The summed E-state index contributed by atoms with van der Waals surface area (Å²) in [6.07, 6.45) is 0. The zero-order valence-electron chi connectivity index (χ0n) is 16.6. The van der Waals surface area contributed by atoms with Crippen LogP contribution in [-0.4, -0.2) is 25.0 Å². The minimum atomic E-state index is -0.868. The van der Waals surface area contributed by atoms with Gasteiger partial charge in [-0.1, -0.05) is 12.1 Å². The third-order valence-corrected chi connectivity index (χ3v) is 5.20. The van der Waals surface area contributed by atoms with Gasteiger partial charge in [0.25, 0.3) is 11.1 Å². The number of hydrogen-bond acceptors (Lipinski definition) is 7. The molecule has 0 saturated carbocycles. The first-order valence-corrected chi connectivity index (χ1v) is 9.76. The predicted octanol–water partition coefficient (Wildman–Crippen LogP) is -0.537. The van der Waals surface area contributed by atoms with E-state index in [1.54, 1.807) is 30.3 Å². The van der Waals surface area contributed by atoms with Crippen LogP contribution in [0, 0.1) is 11.3 Å². The summed E-state index contributed by atoms with van der Waals surface area (Å²) in [4.78, 5) is 37.7. The number of fused-ring (bicyclic) bond motifs is 1. The van der Waals surface area contributed by atoms with E-state index in [0.29, 0.717) is 25.5 Å². The molecule has 0 radical (unpaired) electrons. The zero-order chi connectivity index (χ0) is 21.4. The van der Waals surface area contributed by atoms with Gasteiger partial charge in [0.05, 0.1) is 25.4 Å². The fourth-order valence-corrected chi connectivity index (χ4v) is 4.00. The summed E-state index contributed by atoms with van der Waals surface area (Å²) < 4.78 is 7.62. The van der Waals surface area contributed by atoms with Crippen LogP contribution in [0.3, 0.4) is 0 Å². The van der Waals surface area contributed by atoms with Crippen LogP contribution in [0.1, 0.15) is 7.12 Å². The van der Waals surface area contributed by atoms with Gasteiger partial charge < -0.3 is 6.16 Å². The van der Waals surface area contributed by atoms with E-state index in [4.69, 9.17) is 10.00 Å². The van der Waals surface area contributed by atoms with Crippen molar-refractivity contribution in [3.8, 4) is 23.4 Å². The quantitative estimate of drug-likeness (QED) is 0.314. The molecule has 0 aliphatic heterocycles. The number of ether oxygens (including phenoxy) is 1. The Morgan fingerprint density at radius 1 is 1.06 bits per heavy atom. The summed E-state index contributed by atoms with van der Waals surface area (Å²) in [5, 5.41) is 20.0. The smallest absolute Gasteiger partial charge is 1.00 e. The largest absolute Gasteiger partial charge is 1.00 e. The van der Waals surface area contributed by atoms with E-state index in [9.17, 15) is 14.4 Å². The molecule has 2 heterocycles. The number of H-pyrrole nitrogens is 2. The Kier molecular flexibility index (Phi) is 7.42. The zero-order valence-corrected chi connectivity index (χ0v) is 21.9. The summed E-state index contributed by atoms with van der Waals surface area (Å²) in [6.45, 7) is 0. The molecule has 31 heavy (non-hydrogen) atoms. The molecule has 0 bridgehead atoms. The number of aromatic nitrogens is 5. The molecule has 0 aliphatic carbocycles. The van der Waals surface area contributed by atoms with E-state index in [1.165, 1.54) is 12.1 Å². The average Bonchev–Trinajstić information content (AvgIpc) is 2.72. The fourth-order valence-electron chi connectivity index (χ4n) is 2.68. The van der Waals surface area contributed by atoms with Crippen molar-refractivity contribution in [2.75, 3.05) is 0 Å². The van der Waals surface area contributed by atoms with E-state index in [0.717, 1.165) is 4.68 Å². The number of nitrogens with zero attached hydrogens (tertiary/aromatic N) is 4. The van der Waals surface area contributed by atoms with Crippen LogP contribution in [0.2, 0.25) is 0 Å². The van der Waals surface area contributed by atoms with Gasteiger partial charge in [-0.3, -0.25) is 14.6 Å². The second-order valence-electron chi connectivity index (χ2n) is 5.88. The van der Waals surface area contributed by atoms with Gasteiger partial charge in [-0.25, -0.2) is 9.89 Å². The maximum atomic E-state index is 12.1. The molecular weight excluding hydrogens is 563 g/mol. The molecule has 0 fully saturated rings. The van der Waals surface area contributed by atoms with Gasteiger partial charge in [-0.15, -0.1) is 10.2 Å². The number of hydrogen-bond donors (Lipinski definition) is 2. The van der Waals surface area contributed by atoms with E-state index in [2.05, 4.69) is 47.2 Å². The van der Waals surface area contributed by atoms with E-state index in [1.807, 2.05) is 4.98 Å². The maximum absolute atomic E-state index is 12.1. The third kappa shape index (κ3) is 4.65. The van der Waals surface area contributed by atoms with Gasteiger partial charge in [0, 0.05) is 0 Å². The Balaban J connectivity index is 0.00000181. The van der Waals surface area contributed by atoms with E-state index < -0.39 is 16.9 Å². The minimum absolute atomic E-state index is 0. The summed E-state index contributed by atoms with van der Waals surface area (Å²) in [5.74, 6) is 0.492. The molecule has 0 unspecified atom stereocenters. The number of nitriles is 1. The van der Waals surface area contributed by atoms with Gasteiger partial charge in [-0.2, -0.15) is 9.94 Å². The Hall–Kier alpha value is -1.92. The molecule has 0 atom stereocenters. The summed E-state index contributed by atoms with van der Waals surface area (Å²) in [7, 11) is 0. The topological polar surface area (TPSA) is 147 Å². The number of nitrogens with one attached hydrogen (secondary N) is 2. The van der Waals surface area contributed by atoms with E-state index >= 15 is 0 Å². The van der Waals surface area contributed by atoms with Gasteiger partial charge in [0.15, 0.2) is 5.75 Å². The first kappa shape index (κ1) is 23.7. The molecule has 0 aliphatic rings. The molecule has 2 aromatic heterocycles. The van der Waals surface area contributed by atoms with Crippen molar-refractivity contribution in [3.05, 3.63) is 82.2 Å². The second-order valence-corrected chi connectivity index (χ2v) is 7.58. The first-order valence-electron chi connectivity index (χ1n) is 8.17. The van der Waals surface area contributed by atoms with Crippen molar-refractivity contribution in [2.24, 2.45) is 0 Å². The molecule has 2 aromatic carbocycles. The third-order valence-electron chi connectivity index (χ3n) is 4.02. The summed E-state index contributed by atoms with van der Waals surface area (Å²) >= 11 is 6.74. The molecular formula is C18H9Br2KN6O4. The van der Waals surface area contributed by atoms with Crippen LogP contribution in [0.4, 0.5) is 0 Å². The standard InChI is InChI=1S/C18H8Br2N6O4.K.H/c19-11-5-8(26-18(29)22-16(28)13(7-21)25-26)6-12(20)14(11)30-17-10-4-2-1-3-9(10)15(27)23-24-17;;/h1-6H,(H,23,27)(H,22,28,29);;/q;+1;-1. The van der Waals surface area contributed by atoms with Gasteiger partial charge >= 0.3 is 57.1 Å². The van der Waals surface area contributed by atoms with Crippen molar-refractivity contribution >= 4 is 42.6 Å². The molecule has 0 spiro atoms. The fraction of sp³-hybridized carbons (Fsp3) is 0. The molecule has 2 N–H and O–H groups in total. The molecule has 0 amide bonds. The van der Waals surface area contributed by atoms with Crippen LogP contribution in [0.25, 0.3) is 16.5 Å². The first-order chi connectivity index (χ1) is 14.4. The van der Waals surface area contributed by atoms with Gasteiger partial charge in [0.1, 0.15) is 6.07 Å². The molecule has 10 nitrogen and oxygen atoms in total. The Bertz CT molecular complexity index is 1520. The normalized spacial score (nSPS) is 10.4. The molecule has 0 saturated heterocycles. The van der Waals surface area contributed by atoms with Crippen LogP contribution in [0.5, 0.6) is 11.6 Å². The predicted molar refractivity (Wildman–Crippen MR) is 114 cm³/mol. The maximum Gasteiger partial charge on any atom is 1.00 e.